The quantitative estimate of drug-likeness (QED) is 0.803. The van der Waals surface area contributed by atoms with Crippen molar-refractivity contribution >= 4 is 11.5 Å². The van der Waals surface area contributed by atoms with Crippen LogP contribution in [0, 0.1) is 11.8 Å². The molecule has 2 atom stereocenters. The van der Waals surface area contributed by atoms with E-state index in [-0.39, 0.29) is 12.3 Å². The molecule has 2 heteroatoms. The zero-order chi connectivity index (χ0) is 14.4. The molecule has 3 aliphatic carbocycles. The average molecular weight is 279 g/mol. The molecule has 4 rings (SSSR count). The van der Waals surface area contributed by atoms with Gasteiger partial charge < -0.3 is 0 Å². The summed E-state index contributed by atoms with van der Waals surface area (Å²) >= 11 is 0. The van der Waals surface area contributed by atoms with E-state index in [1.165, 1.54) is 27.8 Å². The topological polar surface area (TPSA) is 37.0 Å². The van der Waals surface area contributed by atoms with E-state index in [4.69, 9.17) is 0 Å². The third-order valence-electron chi connectivity index (χ3n) is 5.44. The molecular weight excluding hydrogens is 260 g/mol. The second-order valence-corrected chi connectivity index (χ2v) is 6.49. The van der Waals surface area contributed by atoms with Crippen LogP contribution < -0.4 is 0 Å². The van der Waals surface area contributed by atoms with Crippen LogP contribution in [0.25, 0.3) is 5.57 Å². The maximum atomic E-state index is 10.9. The molecule has 3 aliphatic rings. The number of fused-ring (bicyclic) bond motifs is 4. The molecule has 0 fully saturated rings. The van der Waals surface area contributed by atoms with Gasteiger partial charge in [0.25, 0.3) is 0 Å². The van der Waals surface area contributed by atoms with E-state index in [1.54, 1.807) is 0 Å². The highest BCUT2D eigenvalue weighted by atomic mass is 16.4. The van der Waals surface area contributed by atoms with Gasteiger partial charge in [0.15, 0.2) is 0 Å². The number of hydrogen-bond acceptors (Lipinski definition) is 1. The van der Waals surface area contributed by atoms with Gasteiger partial charge in [-0.25, -0.2) is 9.90 Å². The lowest BCUT2D eigenvalue weighted by atomic mass is 9.70. The first kappa shape index (κ1) is 12.9. The fourth-order valence-corrected chi connectivity index (χ4v) is 4.54. The largest absolute Gasteiger partial charge is 0.355 e. The van der Waals surface area contributed by atoms with Crippen molar-refractivity contribution in [2.24, 2.45) is 11.8 Å². The molecule has 0 saturated heterocycles. The molecule has 1 aromatic carbocycles. The van der Waals surface area contributed by atoms with Gasteiger partial charge in [-0.05, 0) is 71.8 Å². The Morgan fingerprint density at radius 1 is 1.10 bits per heavy atom. The second kappa shape index (κ2) is 4.87. The van der Waals surface area contributed by atoms with Gasteiger partial charge in [0.1, 0.15) is 0 Å². The molecule has 0 bridgehead atoms. The van der Waals surface area contributed by atoms with Crippen LogP contribution in [0.15, 0.2) is 41.5 Å². The molecule has 0 saturated carbocycles. The molecule has 1 radical (unpaired) electrons. The maximum absolute atomic E-state index is 10.9. The summed E-state index contributed by atoms with van der Waals surface area (Å²) in [5.41, 5.74) is 7.40. The summed E-state index contributed by atoms with van der Waals surface area (Å²) in [6.45, 7) is 0. The van der Waals surface area contributed by atoms with Gasteiger partial charge in [0, 0.05) is 0 Å². The van der Waals surface area contributed by atoms with E-state index in [2.05, 4.69) is 30.3 Å². The Balaban J connectivity index is 1.70. The predicted molar refractivity (Wildman–Crippen MR) is 80.9 cm³/mol. The fraction of sp³-hybridized carbons (Fsp3) is 0.421. The number of carbonyl (C=O) groups excluding carboxylic acids is 1. The number of carbonyl (C=O) groups is 1. The van der Waals surface area contributed by atoms with Gasteiger partial charge in [0.2, 0.25) is 0 Å². The van der Waals surface area contributed by atoms with Crippen LogP contribution in [0.3, 0.4) is 0 Å². The molecule has 0 amide bonds. The summed E-state index contributed by atoms with van der Waals surface area (Å²) in [5.74, 6) is -0.188. The first-order valence-electron chi connectivity index (χ1n) is 7.94. The molecular formula is C19H19O2. The average Bonchev–Trinajstić information content (AvgIpc) is 2.89. The van der Waals surface area contributed by atoms with Gasteiger partial charge in [-0.3, -0.25) is 0 Å². The first-order chi connectivity index (χ1) is 10.2. The Kier molecular flexibility index (Phi) is 2.99. The Morgan fingerprint density at radius 2 is 1.95 bits per heavy atom. The van der Waals surface area contributed by atoms with Gasteiger partial charge >= 0.3 is 5.97 Å². The number of benzene rings is 1. The van der Waals surface area contributed by atoms with Gasteiger partial charge in [-0.15, -0.1) is 0 Å². The fourth-order valence-electron chi connectivity index (χ4n) is 4.54. The van der Waals surface area contributed by atoms with E-state index < -0.39 is 5.97 Å². The first-order valence-corrected chi connectivity index (χ1v) is 7.94. The molecule has 0 N–H and O–H groups in total. The minimum absolute atomic E-state index is 0.212. The van der Waals surface area contributed by atoms with Gasteiger partial charge in [0.05, 0.1) is 6.42 Å². The normalized spacial score (nSPS) is 26.8. The van der Waals surface area contributed by atoms with E-state index in [0.29, 0.717) is 5.92 Å². The summed E-state index contributed by atoms with van der Waals surface area (Å²) < 4.78 is 0. The lowest BCUT2D eigenvalue weighted by Crippen LogP contribution is -2.21. The van der Waals surface area contributed by atoms with Crippen molar-refractivity contribution in [2.75, 3.05) is 0 Å². The van der Waals surface area contributed by atoms with Crippen LogP contribution in [-0.2, 0) is 16.3 Å². The van der Waals surface area contributed by atoms with Crippen LogP contribution in [0.5, 0.6) is 0 Å². The molecule has 21 heavy (non-hydrogen) atoms. The summed E-state index contributed by atoms with van der Waals surface area (Å²) in [6, 6.07) is 8.75. The van der Waals surface area contributed by atoms with E-state index in [9.17, 15) is 9.90 Å². The van der Waals surface area contributed by atoms with Crippen LogP contribution in [0.2, 0.25) is 0 Å². The smallest absolute Gasteiger partial charge is 0.247 e. The zero-order valence-corrected chi connectivity index (χ0v) is 12.1. The predicted octanol–water partition coefficient (Wildman–Crippen LogP) is 4.09. The van der Waals surface area contributed by atoms with Crippen molar-refractivity contribution in [2.45, 2.75) is 38.5 Å². The molecule has 0 spiro atoms. The Labute approximate surface area is 125 Å². The Morgan fingerprint density at radius 3 is 2.81 bits per heavy atom. The highest BCUT2D eigenvalue weighted by molar-refractivity contribution is 5.78. The lowest BCUT2D eigenvalue weighted by molar-refractivity contribution is -0.144. The second-order valence-electron chi connectivity index (χ2n) is 6.49. The van der Waals surface area contributed by atoms with E-state index >= 15 is 0 Å². The number of rotatable bonds is 2. The molecule has 0 aromatic heterocycles. The molecule has 0 heterocycles. The maximum Gasteiger partial charge on any atom is 0.355 e. The van der Waals surface area contributed by atoms with Gasteiger partial charge in [-0.1, -0.05) is 30.3 Å². The molecule has 2 unspecified atom stereocenters. The lowest BCUT2D eigenvalue weighted by Gasteiger charge is -2.34. The van der Waals surface area contributed by atoms with Crippen LogP contribution >= 0.6 is 0 Å². The van der Waals surface area contributed by atoms with Crippen LogP contribution in [0.4, 0.5) is 0 Å². The standard InChI is InChI=1S/C19H19O2/c20-19(21)11-13-6-8-16-15(13)9-10-17-14-4-2-1-3-12(14)5-7-18(16)17/h1-4,8,13,15H,5-7,9-11H2. The summed E-state index contributed by atoms with van der Waals surface area (Å²) in [7, 11) is 0. The van der Waals surface area contributed by atoms with Crippen molar-refractivity contribution in [3.05, 3.63) is 52.6 Å². The minimum atomic E-state index is -0.900. The monoisotopic (exact) mass is 279 g/mol. The molecule has 107 valence electrons. The van der Waals surface area contributed by atoms with Crippen LogP contribution in [0.1, 0.15) is 43.2 Å². The summed E-state index contributed by atoms with van der Waals surface area (Å²) in [4.78, 5) is 10.9. The van der Waals surface area contributed by atoms with E-state index in [0.717, 1.165) is 32.1 Å². The zero-order valence-electron chi connectivity index (χ0n) is 12.1. The SMILES string of the molecule is [O]C(=O)CC1CC=C2C3=C(CCC21)c1ccccc1CC3. The number of hydrogen-bond donors (Lipinski definition) is 0. The van der Waals surface area contributed by atoms with Gasteiger partial charge in [-0.2, -0.15) is 0 Å². The highest BCUT2D eigenvalue weighted by Gasteiger charge is 2.37. The van der Waals surface area contributed by atoms with Crippen molar-refractivity contribution in [3.63, 3.8) is 0 Å². The highest BCUT2D eigenvalue weighted by Crippen LogP contribution is 2.51. The number of aryl methyl sites for hydroxylation is 1. The van der Waals surface area contributed by atoms with E-state index in [1.807, 2.05) is 0 Å². The van der Waals surface area contributed by atoms with Crippen molar-refractivity contribution in [3.8, 4) is 0 Å². The van der Waals surface area contributed by atoms with Crippen molar-refractivity contribution < 1.29 is 9.90 Å². The van der Waals surface area contributed by atoms with Crippen LogP contribution in [-0.4, -0.2) is 5.97 Å². The molecule has 0 aliphatic heterocycles. The Bertz CT molecular complexity index is 666. The molecule has 1 aromatic rings. The Hall–Kier alpha value is -1.83. The molecule has 2 nitrogen and oxygen atoms in total. The number of allylic oxidation sites excluding steroid dienone is 4. The third kappa shape index (κ3) is 2.05. The third-order valence-corrected chi connectivity index (χ3v) is 5.44. The summed E-state index contributed by atoms with van der Waals surface area (Å²) in [5, 5.41) is 10.9. The van der Waals surface area contributed by atoms with Crippen molar-refractivity contribution in [1.29, 1.82) is 0 Å². The summed E-state index contributed by atoms with van der Waals surface area (Å²) in [6.07, 6.45) is 7.85. The van der Waals surface area contributed by atoms with Crippen molar-refractivity contribution in [1.82, 2.24) is 0 Å². The minimum Gasteiger partial charge on any atom is -0.247 e.